The summed E-state index contributed by atoms with van der Waals surface area (Å²) in [5.41, 5.74) is -0.220. The fourth-order valence-electron chi connectivity index (χ4n) is 1.26. The van der Waals surface area contributed by atoms with Gasteiger partial charge in [-0.25, -0.2) is 0 Å². The molecule has 1 fully saturated rings. The summed E-state index contributed by atoms with van der Waals surface area (Å²) in [4.78, 5) is 22.3. The van der Waals surface area contributed by atoms with Crippen LogP contribution in [0.4, 0.5) is 0 Å². The summed E-state index contributed by atoms with van der Waals surface area (Å²) in [6, 6.07) is 0. The molecule has 1 atom stereocenters. The zero-order valence-corrected chi connectivity index (χ0v) is 8.31. The molecule has 74 valence electrons. The van der Waals surface area contributed by atoms with Gasteiger partial charge in [0.2, 0.25) is 11.8 Å². The molecule has 1 aliphatic rings. The van der Waals surface area contributed by atoms with E-state index in [9.17, 15) is 9.59 Å². The Hall–Kier alpha value is -1.06. The van der Waals surface area contributed by atoms with Crippen molar-refractivity contribution >= 4 is 11.8 Å². The number of nitrogens with one attached hydrogen (secondary N) is 2. The molecule has 1 saturated heterocycles. The minimum Gasteiger partial charge on any atom is -0.355 e. The van der Waals surface area contributed by atoms with E-state index in [0.29, 0.717) is 13.0 Å². The molecule has 0 aromatic carbocycles. The van der Waals surface area contributed by atoms with Crippen LogP contribution in [-0.4, -0.2) is 23.9 Å². The molecule has 0 radical (unpaired) electrons. The highest BCUT2D eigenvalue weighted by molar-refractivity contribution is 5.89. The molecular formula is C9H16N2O2. The van der Waals surface area contributed by atoms with Crippen LogP contribution in [-0.2, 0) is 9.59 Å². The molecule has 0 aromatic heterocycles. The van der Waals surface area contributed by atoms with Crippen molar-refractivity contribution in [3.63, 3.8) is 0 Å². The molecule has 0 spiro atoms. The summed E-state index contributed by atoms with van der Waals surface area (Å²) in [6.45, 7) is 6.25. The minimum absolute atomic E-state index is 0.0333. The van der Waals surface area contributed by atoms with Gasteiger partial charge in [-0.2, -0.15) is 0 Å². The predicted molar refractivity (Wildman–Crippen MR) is 49.0 cm³/mol. The van der Waals surface area contributed by atoms with Gasteiger partial charge >= 0.3 is 0 Å². The van der Waals surface area contributed by atoms with Crippen molar-refractivity contribution in [2.45, 2.75) is 32.7 Å². The lowest BCUT2D eigenvalue weighted by molar-refractivity contribution is -0.127. The zero-order valence-electron chi connectivity index (χ0n) is 8.31. The van der Waals surface area contributed by atoms with Crippen LogP contribution in [0.5, 0.6) is 0 Å². The maximum Gasteiger partial charge on any atom is 0.225 e. The minimum atomic E-state index is -0.220. The van der Waals surface area contributed by atoms with Crippen LogP contribution in [0.2, 0.25) is 0 Å². The number of rotatable bonds is 1. The summed E-state index contributed by atoms with van der Waals surface area (Å²) < 4.78 is 0. The van der Waals surface area contributed by atoms with Gasteiger partial charge in [-0.1, -0.05) is 0 Å². The van der Waals surface area contributed by atoms with E-state index in [1.807, 2.05) is 20.8 Å². The zero-order chi connectivity index (χ0) is 10.1. The Labute approximate surface area is 78.1 Å². The summed E-state index contributed by atoms with van der Waals surface area (Å²) in [5, 5.41) is 5.49. The smallest absolute Gasteiger partial charge is 0.225 e. The summed E-state index contributed by atoms with van der Waals surface area (Å²) in [7, 11) is 0. The van der Waals surface area contributed by atoms with Gasteiger partial charge in [0.05, 0.1) is 5.92 Å². The highest BCUT2D eigenvalue weighted by Crippen LogP contribution is 2.10. The molecule has 13 heavy (non-hydrogen) atoms. The van der Waals surface area contributed by atoms with E-state index >= 15 is 0 Å². The Balaban J connectivity index is 2.45. The lowest BCUT2D eigenvalue weighted by Gasteiger charge is -2.22. The molecular weight excluding hydrogens is 168 g/mol. The van der Waals surface area contributed by atoms with Gasteiger partial charge in [0, 0.05) is 18.5 Å². The quantitative estimate of drug-likeness (QED) is 0.604. The van der Waals surface area contributed by atoms with Crippen LogP contribution >= 0.6 is 0 Å². The van der Waals surface area contributed by atoms with Crippen molar-refractivity contribution in [2.24, 2.45) is 5.92 Å². The van der Waals surface area contributed by atoms with E-state index in [4.69, 9.17) is 0 Å². The standard InChI is InChI=1S/C9H16N2O2/c1-9(2,3)11-8(13)6-4-7(12)10-5-6/h6H,4-5H2,1-3H3,(H,10,12)(H,11,13)/t6-/m0/s1. The Morgan fingerprint density at radius 1 is 1.54 bits per heavy atom. The van der Waals surface area contributed by atoms with E-state index in [1.54, 1.807) is 0 Å². The van der Waals surface area contributed by atoms with Gasteiger partial charge in [-0.05, 0) is 20.8 Å². The van der Waals surface area contributed by atoms with Crippen molar-refractivity contribution < 1.29 is 9.59 Å². The summed E-state index contributed by atoms with van der Waals surface area (Å²) in [6.07, 6.45) is 0.321. The maximum atomic E-state index is 11.5. The Morgan fingerprint density at radius 2 is 2.15 bits per heavy atom. The first-order valence-electron chi connectivity index (χ1n) is 4.47. The molecule has 0 aliphatic carbocycles. The average molecular weight is 184 g/mol. The van der Waals surface area contributed by atoms with Crippen molar-refractivity contribution in [3.05, 3.63) is 0 Å². The van der Waals surface area contributed by atoms with Crippen LogP contribution in [0, 0.1) is 5.92 Å². The van der Waals surface area contributed by atoms with Crippen molar-refractivity contribution in [1.82, 2.24) is 10.6 Å². The number of hydrogen-bond donors (Lipinski definition) is 2. The van der Waals surface area contributed by atoms with Gasteiger partial charge in [0.25, 0.3) is 0 Å². The first-order valence-corrected chi connectivity index (χ1v) is 4.47. The van der Waals surface area contributed by atoms with E-state index in [-0.39, 0.29) is 23.3 Å². The second-order valence-electron chi connectivity index (χ2n) is 4.44. The molecule has 1 rings (SSSR count). The first kappa shape index (κ1) is 10.0. The predicted octanol–water partition coefficient (Wildman–Crippen LogP) is 0.0372. The van der Waals surface area contributed by atoms with Crippen LogP contribution < -0.4 is 10.6 Å². The largest absolute Gasteiger partial charge is 0.355 e. The average Bonchev–Trinajstić information content (AvgIpc) is 2.31. The normalized spacial score (nSPS) is 22.7. The molecule has 1 aliphatic heterocycles. The van der Waals surface area contributed by atoms with Crippen LogP contribution in [0.1, 0.15) is 27.2 Å². The van der Waals surface area contributed by atoms with E-state index in [1.165, 1.54) is 0 Å². The Bertz CT molecular complexity index is 230. The second kappa shape index (κ2) is 3.36. The summed E-state index contributed by atoms with van der Waals surface area (Å²) >= 11 is 0. The van der Waals surface area contributed by atoms with Crippen LogP contribution in [0.15, 0.2) is 0 Å². The van der Waals surface area contributed by atoms with E-state index < -0.39 is 0 Å². The maximum absolute atomic E-state index is 11.5. The molecule has 0 unspecified atom stereocenters. The highest BCUT2D eigenvalue weighted by Gasteiger charge is 2.29. The lowest BCUT2D eigenvalue weighted by Crippen LogP contribution is -2.44. The third-order valence-electron chi connectivity index (χ3n) is 1.85. The topological polar surface area (TPSA) is 58.2 Å². The lowest BCUT2D eigenvalue weighted by atomic mass is 10.0. The second-order valence-corrected chi connectivity index (χ2v) is 4.44. The molecule has 2 amide bonds. The van der Waals surface area contributed by atoms with E-state index in [2.05, 4.69) is 10.6 Å². The summed E-state index contributed by atoms with van der Waals surface area (Å²) in [5.74, 6) is -0.258. The molecule has 0 bridgehead atoms. The van der Waals surface area contributed by atoms with E-state index in [0.717, 1.165) is 0 Å². The van der Waals surface area contributed by atoms with Crippen molar-refractivity contribution in [2.75, 3.05) is 6.54 Å². The highest BCUT2D eigenvalue weighted by atomic mass is 16.2. The fraction of sp³-hybridized carbons (Fsp3) is 0.778. The van der Waals surface area contributed by atoms with Crippen LogP contribution in [0.25, 0.3) is 0 Å². The molecule has 0 aromatic rings. The SMILES string of the molecule is CC(C)(C)NC(=O)[C@@H]1CNC(=O)C1. The molecule has 0 saturated carbocycles. The number of carbonyl (C=O) groups excluding carboxylic acids is 2. The third kappa shape index (κ3) is 3.05. The Kier molecular flexibility index (Phi) is 2.59. The number of amides is 2. The number of carbonyl (C=O) groups is 2. The molecule has 1 heterocycles. The van der Waals surface area contributed by atoms with Gasteiger partial charge in [0.15, 0.2) is 0 Å². The fourth-order valence-corrected chi connectivity index (χ4v) is 1.26. The van der Waals surface area contributed by atoms with Gasteiger partial charge in [-0.15, -0.1) is 0 Å². The van der Waals surface area contributed by atoms with Crippen molar-refractivity contribution in [3.8, 4) is 0 Å². The number of hydrogen-bond acceptors (Lipinski definition) is 2. The van der Waals surface area contributed by atoms with Crippen molar-refractivity contribution in [1.29, 1.82) is 0 Å². The Morgan fingerprint density at radius 3 is 2.54 bits per heavy atom. The van der Waals surface area contributed by atoms with Crippen LogP contribution in [0.3, 0.4) is 0 Å². The molecule has 4 nitrogen and oxygen atoms in total. The van der Waals surface area contributed by atoms with Gasteiger partial charge < -0.3 is 10.6 Å². The monoisotopic (exact) mass is 184 g/mol. The van der Waals surface area contributed by atoms with Gasteiger partial charge in [-0.3, -0.25) is 9.59 Å². The first-order chi connectivity index (χ1) is 5.88. The molecule has 4 heteroatoms. The molecule has 2 N–H and O–H groups in total. The third-order valence-corrected chi connectivity index (χ3v) is 1.85. The van der Waals surface area contributed by atoms with Gasteiger partial charge in [0.1, 0.15) is 0 Å².